The van der Waals surface area contributed by atoms with E-state index >= 15 is 0 Å². The standard InChI is InChI=1S/C20H32FN3O3S/c1-15(2)28(25,26)23-18-5-3-16(4-6-18)14-22-19-11-17(21)12-20(13-19)24-7-9-27-10-8-24/h11-13,15-16,18,22-23H,3-10,14H2,1-2H3/t16-,18-. The summed E-state index contributed by atoms with van der Waals surface area (Å²) in [4.78, 5) is 2.14. The summed E-state index contributed by atoms with van der Waals surface area (Å²) in [6, 6.07) is 5.14. The fraction of sp³-hybridized carbons (Fsp3) is 0.700. The monoisotopic (exact) mass is 413 g/mol. The molecule has 0 spiro atoms. The lowest BCUT2D eigenvalue weighted by atomic mass is 9.86. The van der Waals surface area contributed by atoms with E-state index in [2.05, 4.69) is 14.9 Å². The zero-order valence-corrected chi connectivity index (χ0v) is 17.6. The van der Waals surface area contributed by atoms with Crippen LogP contribution in [0.4, 0.5) is 15.8 Å². The summed E-state index contributed by atoms with van der Waals surface area (Å²) >= 11 is 0. The number of rotatable bonds is 7. The maximum absolute atomic E-state index is 14.1. The van der Waals surface area contributed by atoms with Gasteiger partial charge in [-0.3, -0.25) is 0 Å². The Morgan fingerprint density at radius 2 is 1.82 bits per heavy atom. The Labute approximate surface area is 167 Å². The maximum atomic E-state index is 14.1. The van der Waals surface area contributed by atoms with Gasteiger partial charge in [0.15, 0.2) is 0 Å². The molecule has 0 aromatic heterocycles. The van der Waals surface area contributed by atoms with E-state index in [0.29, 0.717) is 19.1 Å². The molecule has 1 saturated heterocycles. The molecule has 1 heterocycles. The number of sulfonamides is 1. The van der Waals surface area contributed by atoms with Crippen LogP contribution in [-0.2, 0) is 14.8 Å². The van der Waals surface area contributed by atoms with Crippen LogP contribution in [0.1, 0.15) is 39.5 Å². The normalized spacial score (nSPS) is 23.8. The van der Waals surface area contributed by atoms with Gasteiger partial charge in [0.2, 0.25) is 10.0 Å². The summed E-state index contributed by atoms with van der Waals surface area (Å²) in [5, 5.41) is 2.98. The lowest BCUT2D eigenvalue weighted by Crippen LogP contribution is -2.41. The molecule has 1 aromatic carbocycles. The van der Waals surface area contributed by atoms with Crippen molar-refractivity contribution in [2.75, 3.05) is 43.1 Å². The molecule has 2 fully saturated rings. The SMILES string of the molecule is CC(C)S(=O)(=O)N[C@H]1CC[C@H](CNc2cc(F)cc(N3CCOCC3)c2)CC1. The number of nitrogens with one attached hydrogen (secondary N) is 2. The highest BCUT2D eigenvalue weighted by atomic mass is 32.2. The molecule has 2 N–H and O–H groups in total. The summed E-state index contributed by atoms with van der Waals surface area (Å²) in [6.45, 7) is 7.06. The second-order valence-electron chi connectivity index (χ2n) is 8.11. The van der Waals surface area contributed by atoms with Gasteiger partial charge in [0.25, 0.3) is 0 Å². The lowest BCUT2D eigenvalue weighted by molar-refractivity contribution is 0.122. The van der Waals surface area contributed by atoms with Crippen molar-refractivity contribution in [2.24, 2.45) is 5.92 Å². The number of benzene rings is 1. The van der Waals surface area contributed by atoms with E-state index in [4.69, 9.17) is 4.74 Å². The Balaban J connectivity index is 1.49. The van der Waals surface area contributed by atoms with Crippen LogP contribution in [-0.4, -0.2) is 52.6 Å². The predicted octanol–water partition coefficient (Wildman–Crippen LogP) is 2.96. The molecule has 2 aliphatic rings. The average Bonchev–Trinajstić information content (AvgIpc) is 2.67. The van der Waals surface area contributed by atoms with E-state index in [1.807, 2.05) is 6.07 Å². The van der Waals surface area contributed by atoms with Crippen molar-refractivity contribution in [1.29, 1.82) is 0 Å². The van der Waals surface area contributed by atoms with Crippen molar-refractivity contribution in [3.63, 3.8) is 0 Å². The minimum Gasteiger partial charge on any atom is -0.385 e. The first kappa shape index (κ1) is 21.3. The van der Waals surface area contributed by atoms with Crippen LogP contribution in [0.2, 0.25) is 0 Å². The van der Waals surface area contributed by atoms with Crippen LogP contribution in [0.3, 0.4) is 0 Å². The quantitative estimate of drug-likeness (QED) is 0.719. The van der Waals surface area contributed by atoms with E-state index in [1.54, 1.807) is 19.9 Å². The highest BCUT2D eigenvalue weighted by molar-refractivity contribution is 7.90. The summed E-state index contributed by atoms with van der Waals surface area (Å²) < 4.78 is 46.3. The Hall–Kier alpha value is -1.38. The fourth-order valence-electron chi connectivity index (χ4n) is 3.80. The molecular formula is C20H32FN3O3S. The summed E-state index contributed by atoms with van der Waals surface area (Å²) in [5.74, 6) is 0.230. The molecule has 1 aromatic rings. The third kappa shape index (κ3) is 5.81. The number of nitrogens with zero attached hydrogens (tertiary/aromatic N) is 1. The minimum atomic E-state index is -3.21. The van der Waals surface area contributed by atoms with E-state index in [0.717, 1.165) is 56.7 Å². The number of anilines is 2. The molecule has 0 bridgehead atoms. The number of morpholine rings is 1. The third-order valence-electron chi connectivity index (χ3n) is 5.65. The number of hydrogen-bond donors (Lipinski definition) is 2. The molecule has 1 saturated carbocycles. The first-order valence-corrected chi connectivity index (χ1v) is 11.8. The molecule has 0 unspecified atom stereocenters. The molecule has 1 aliphatic heterocycles. The molecule has 28 heavy (non-hydrogen) atoms. The van der Waals surface area contributed by atoms with Gasteiger partial charge in [-0.05, 0) is 63.6 Å². The summed E-state index contributed by atoms with van der Waals surface area (Å²) in [7, 11) is -3.21. The van der Waals surface area contributed by atoms with Crippen molar-refractivity contribution in [2.45, 2.75) is 50.8 Å². The molecule has 158 valence electrons. The van der Waals surface area contributed by atoms with Crippen LogP contribution >= 0.6 is 0 Å². The number of ether oxygens (including phenoxy) is 1. The lowest BCUT2D eigenvalue weighted by Gasteiger charge is -2.30. The van der Waals surface area contributed by atoms with Crippen molar-refractivity contribution in [1.82, 2.24) is 4.72 Å². The van der Waals surface area contributed by atoms with Gasteiger partial charge in [0.1, 0.15) is 5.82 Å². The van der Waals surface area contributed by atoms with Gasteiger partial charge in [-0.15, -0.1) is 0 Å². The van der Waals surface area contributed by atoms with Crippen LogP contribution in [0.25, 0.3) is 0 Å². The maximum Gasteiger partial charge on any atom is 0.214 e. The van der Waals surface area contributed by atoms with Crippen LogP contribution in [0.15, 0.2) is 18.2 Å². The molecule has 8 heteroatoms. The van der Waals surface area contributed by atoms with Crippen molar-refractivity contribution in [3.05, 3.63) is 24.0 Å². The van der Waals surface area contributed by atoms with Crippen LogP contribution in [0, 0.1) is 11.7 Å². The molecule has 6 nitrogen and oxygen atoms in total. The van der Waals surface area contributed by atoms with Gasteiger partial charge in [0, 0.05) is 37.1 Å². The van der Waals surface area contributed by atoms with Crippen LogP contribution < -0.4 is 14.9 Å². The zero-order valence-electron chi connectivity index (χ0n) is 16.8. The summed E-state index contributed by atoms with van der Waals surface area (Å²) in [5.41, 5.74) is 1.68. The van der Waals surface area contributed by atoms with Gasteiger partial charge in [0.05, 0.1) is 18.5 Å². The third-order valence-corrected chi connectivity index (χ3v) is 7.55. The fourth-order valence-corrected chi connectivity index (χ4v) is 4.77. The van der Waals surface area contributed by atoms with Crippen LogP contribution in [0.5, 0.6) is 0 Å². The molecule has 1 aliphatic carbocycles. The van der Waals surface area contributed by atoms with E-state index < -0.39 is 15.3 Å². The molecule has 3 rings (SSSR count). The Morgan fingerprint density at radius 1 is 1.14 bits per heavy atom. The van der Waals surface area contributed by atoms with E-state index in [1.165, 1.54) is 6.07 Å². The van der Waals surface area contributed by atoms with Gasteiger partial charge >= 0.3 is 0 Å². The van der Waals surface area contributed by atoms with Gasteiger partial charge < -0.3 is 15.0 Å². The Bertz CT molecular complexity index is 743. The molecule has 0 amide bonds. The van der Waals surface area contributed by atoms with Gasteiger partial charge in [-0.1, -0.05) is 0 Å². The largest absolute Gasteiger partial charge is 0.385 e. The van der Waals surface area contributed by atoms with Gasteiger partial charge in [-0.25, -0.2) is 17.5 Å². The van der Waals surface area contributed by atoms with E-state index in [9.17, 15) is 12.8 Å². The van der Waals surface area contributed by atoms with Crippen molar-refractivity contribution in [3.8, 4) is 0 Å². The smallest absolute Gasteiger partial charge is 0.214 e. The first-order valence-electron chi connectivity index (χ1n) is 10.2. The highest BCUT2D eigenvalue weighted by Gasteiger charge is 2.26. The Morgan fingerprint density at radius 3 is 2.46 bits per heavy atom. The first-order chi connectivity index (χ1) is 13.3. The predicted molar refractivity (Wildman–Crippen MR) is 111 cm³/mol. The summed E-state index contributed by atoms with van der Waals surface area (Å²) in [6.07, 6.45) is 3.62. The van der Waals surface area contributed by atoms with Crippen molar-refractivity contribution < 1.29 is 17.5 Å². The van der Waals surface area contributed by atoms with Gasteiger partial charge in [-0.2, -0.15) is 0 Å². The molecular weight excluding hydrogens is 381 g/mol. The van der Waals surface area contributed by atoms with E-state index in [-0.39, 0.29) is 11.9 Å². The zero-order chi connectivity index (χ0) is 20.1. The van der Waals surface area contributed by atoms with Crippen molar-refractivity contribution >= 4 is 21.4 Å². The molecule has 0 radical (unpaired) electrons. The Kier molecular flexibility index (Phi) is 7.17. The minimum absolute atomic E-state index is 0.0331. The average molecular weight is 414 g/mol. The molecule has 0 atom stereocenters. The second kappa shape index (κ2) is 9.41. The number of hydrogen-bond acceptors (Lipinski definition) is 5. The highest BCUT2D eigenvalue weighted by Crippen LogP contribution is 2.27. The second-order valence-corrected chi connectivity index (χ2v) is 10.4. The number of halogens is 1. The topological polar surface area (TPSA) is 70.7 Å².